The van der Waals surface area contributed by atoms with Crippen LogP contribution in [0.15, 0.2) is 0 Å². The standard InChI is InChI=1S/C12H24N2O2S/c1-4-12(6-5-7-14-12)10(15)13-8-11(2,16)9-17-3/h14,16H,4-9H2,1-3H3,(H,13,15). The van der Waals surface area contributed by atoms with Crippen molar-refractivity contribution in [1.82, 2.24) is 10.6 Å². The van der Waals surface area contributed by atoms with E-state index in [1.165, 1.54) is 0 Å². The molecule has 0 aromatic heterocycles. The normalized spacial score (nSPS) is 27.8. The maximum atomic E-state index is 12.2. The molecule has 2 unspecified atom stereocenters. The van der Waals surface area contributed by atoms with E-state index in [0.717, 1.165) is 25.8 Å². The molecular weight excluding hydrogens is 236 g/mol. The van der Waals surface area contributed by atoms with Crippen molar-refractivity contribution in [2.75, 3.05) is 25.1 Å². The maximum Gasteiger partial charge on any atom is 0.240 e. The second-order valence-corrected chi connectivity index (χ2v) is 5.94. The molecule has 1 fully saturated rings. The summed E-state index contributed by atoms with van der Waals surface area (Å²) in [6.45, 7) is 5.00. The van der Waals surface area contributed by atoms with Crippen molar-refractivity contribution in [3.05, 3.63) is 0 Å². The van der Waals surface area contributed by atoms with E-state index in [1.54, 1.807) is 18.7 Å². The van der Waals surface area contributed by atoms with Crippen LogP contribution in [0.4, 0.5) is 0 Å². The molecule has 0 aliphatic carbocycles. The summed E-state index contributed by atoms with van der Waals surface area (Å²) in [5.74, 6) is 0.652. The lowest BCUT2D eigenvalue weighted by Crippen LogP contribution is -2.55. The monoisotopic (exact) mass is 260 g/mol. The van der Waals surface area contributed by atoms with E-state index < -0.39 is 11.1 Å². The van der Waals surface area contributed by atoms with Gasteiger partial charge in [0.05, 0.1) is 11.1 Å². The third kappa shape index (κ3) is 3.86. The van der Waals surface area contributed by atoms with Gasteiger partial charge in [0.2, 0.25) is 5.91 Å². The zero-order valence-corrected chi connectivity index (χ0v) is 11.8. The predicted octanol–water partition coefficient (Wildman–Crippen LogP) is 0.749. The van der Waals surface area contributed by atoms with E-state index in [1.807, 2.05) is 13.2 Å². The van der Waals surface area contributed by atoms with E-state index in [4.69, 9.17) is 0 Å². The smallest absolute Gasteiger partial charge is 0.240 e. The number of amides is 1. The van der Waals surface area contributed by atoms with Gasteiger partial charge in [-0.05, 0) is 39.0 Å². The van der Waals surface area contributed by atoms with Gasteiger partial charge < -0.3 is 15.7 Å². The predicted molar refractivity (Wildman–Crippen MR) is 72.3 cm³/mol. The molecule has 100 valence electrons. The molecule has 1 heterocycles. The van der Waals surface area contributed by atoms with Gasteiger partial charge in [0.25, 0.3) is 0 Å². The first-order valence-corrected chi connectivity index (χ1v) is 7.60. The van der Waals surface area contributed by atoms with Gasteiger partial charge in [0, 0.05) is 12.3 Å². The van der Waals surface area contributed by atoms with E-state index in [9.17, 15) is 9.90 Å². The van der Waals surface area contributed by atoms with Gasteiger partial charge in [0.1, 0.15) is 0 Å². The Balaban J connectivity index is 2.48. The molecule has 17 heavy (non-hydrogen) atoms. The van der Waals surface area contributed by atoms with Crippen LogP contribution in [-0.2, 0) is 4.79 Å². The zero-order chi connectivity index (χ0) is 12.9. The SMILES string of the molecule is CCC1(C(=O)NCC(C)(O)CSC)CCCN1. The van der Waals surface area contributed by atoms with Crippen molar-refractivity contribution in [1.29, 1.82) is 0 Å². The second kappa shape index (κ2) is 6.07. The van der Waals surface area contributed by atoms with Gasteiger partial charge in [-0.1, -0.05) is 6.92 Å². The number of nitrogens with one attached hydrogen (secondary N) is 2. The van der Waals surface area contributed by atoms with Gasteiger partial charge in [-0.2, -0.15) is 11.8 Å². The average molecular weight is 260 g/mol. The van der Waals surface area contributed by atoms with Crippen LogP contribution in [0.1, 0.15) is 33.1 Å². The molecule has 0 aromatic carbocycles. The fourth-order valence-electron chi connectivity index (χ4n) is 2.26. The lowest BCUT2D eigenvalue weighted by molar-refractivity contribution is -0.128. The molecule has 4 nitrogen and oxygen atoms in total. The lowest BCUT2D eigenvalue weighted by atomic mass is 9.93. The third-order valence-corrected chi connectivity index (χ3v) is 4.28. The van der Waals surface area contributed by atoms with Crippen LogP contribution in [-0.4, -0.2) is 47.3 Å². The second-order valence-electron chi connectivity index (χ2n) is 5.08. The Morgan fingerprint density at radius 2 is 2.35 bits per heavy atom. The average Bonchev–Trinajstić information content (AvgIpc) is 2.75. The molecule has 0 spiro atoms. The van der Waals surface area contributed by atoms with Gasteiger partial charge in [-0.25, -0.2) is 0 Å². The van der Waals surface area contributed by atoms with E-state index >= 15 is 0 Å². The maximum absolute atomic E-state index is 12.2. The molecule has 0 radical (unpaired) electrons. The lowest BCUT2D eigenvalue weighted by Gasteiger charge is -2.29. The molecule has 3 N–H and O–H groups in total. The highest BCUT2D eigenvalue weighted by molar-refractivity contribution is 7.98. The van der Waals surface area contributed by atoms with Gasteiger partial charge in [0.15, 0.2) is 0 Å². The molecule has 1 aliphatic heterocycles. The Labute approximate surface area is 108 Å². The van der Waals surface area contributed by atoms with Crippen molar-refractivity contribution in [2.24, 2.45) is 0 Å². The van der Waals surface area contributed by atoms with E-state index in [2.05, 4.69) is 10.6 Å². The number of hydrogen-bond acceptors (Lipinski definition) is 4. The first kappa shape index (κ1) is 14.8. The summed E-state index contributed by atoms with van der Waals surface area (Å²) in [5, 5.41) is 16.2. The quantitative estimate of drug-likeness (QED) is 0.659. The number of thioether (sulfide) groups is 1. The first-order chi connectivity index (χ1) is 7.96. The Bertz CT molecular complexity index is 263. The molecule has 1 amide bonds. The summed E-state index contributed by atoms with van der Waals surface area (Å²) in [7, 11) is 0. The number of hydrogen-bond donors (Lipinski definition) is 3. The number of carbonyl (C=O) groups is 1. The Morgan fingerprint density at radius 3 is 2.82 bits per heavy atom. The van der Waals surface area contributed by atoms with Crippen LogP contribution >= 0.6 is 11.8 Å². The summed E-state index contributed by atoms with van der Waals surface area (Å²) in [4.78, 5) is 12.2. The largest absolute Gasteiger partial charge is 0.387 e. The van der Waals surface area contributed by atoms with Crippen LogP contribution in [0.3, 0.4) is 0 Å². The highest BCUT2D eigenvalue weighted by Crippen LogP contribution is 2.23. The van der Waals surface area contributed by atoms with Crippen LogP contribution in [0.25, 0.3) is 0 Å². The van der Waals surface area contributed by atoms with Crippen LogP contribution in [0.5, 0.6) is 0 Å². The third-order valence-electron chi connectivity index (χ3n) is 3.37. The fraction of sp³-hybridized carbons (Fsp3) is 0.917. The van der Waals surface area contributed by atoms with Gasteiger partial charge >= 0.3 is 0 Å². The molecule has 5 heteroatoms. The van der Waals surface area contributed by atoms with Crippen molar-refractivity contribution in [2.45, 2.75) is 44.2 Å². The zero-order valence-electron chi connectivity index (χ0n) is 11.0. The fourth-order valence-corrected chi connectivity index (χ4v) is 2.99. The van der Waals surface area contributed by atoms with Crippen molar-refractivity contribution in [3.63, 3.8) is 0 Å². The van der Waals surface area contributed by atoms with Gasteiger partial charge in [-0.3, -0.25) is 4.79 Å². The van der Waals surface area contributed by atoms with E-state index in [-0.39, 0.29) is 5.91 Å². The van der Waals surface area contributed by atoms with Crippen molar-refractivity contribution < 1.29 is 9.90 Å². The Morgan fingerprint density at radius 1 is 1.65 bits per heavy atom. The summed E-state index contributed by atoms with van der Waals surface area (Å²) < 4.78 is 0. The first-order valence-electron chi connectivity index (χ1n) is 6.20. The molecule has 1 saturated heterocycles. The van der Waals surface area contributed by atoms with Gasteiger partial charge in [-0.15, -0.1) is 0 Å². The molecule has 1 aliphatic rings. The molecule has 0 bridgehead atoms. The summed E-state index contributed by atoms with van der Waals surface area (Å²) in [6, 6.07) is 0. The Hall–Kier alpha value is -0.260. The number of aliphatic hydroxyl groups is 1. The molecular formula is C12H24N2O2S. The molecule has 0 saturated carbocycles. The van der Waals surface area contributed by atoms with Crippen LogP contribution in [0, 0.1) is 0 Å². The minimum atomic E-state index is -0.831. The van der Waals surface area contributed by atoms with Crippen molar-refractivity contribution in [3.8, 4) is 0 Å². The van der Waals surface area contributed by atoms with Crippen LogP contribution < -0.4 is 10.6 Å². The van der Waals surface area contributed by atoms with Crippen molar-refractivity contribution >= 4 is 17.7 Å². The minimum Gasteiger partial charge on any atom is -0.387 e. The number of rotatable bonds is 6. The summed E-state index contributed by atoms with van der Waals surface area (Å²) in [6.07, 6.45) is 4.67. The molecule has 0 aromatic rings. The van der Waals surface area contributed by atoms with E-state index in [0.29, 0.717) is 12.3 Å². The molecule has 2 atom stereocenters. The summed E-state index contributed by atoms with van der Waals surface area (Å²) in [5.41, 5.74) is -1.24. The highest BCUT2D eigenvalue weighted by atomic mass is 32.2. The molecule has 1 rings (SSSR count). The van der Waals surface area contributed by atoms with Crippen LogP contribution in [0.2, 0.25) is 0 Å². The number of carbonyl (C=O) groups excluding carboxylic acids is 1. The summed E-state index contributed by atoms with van der Waals surface area (Å²) >= 11 is 1.58. The minimum absolute atomic E-state index is 0.0267. The topological polar surface area (TPSA) is 61.4 Å². The highest BCUT2D eigenvalue weighted by Gasteiger charge is 2.39. The Kier molecular flexibility index (Phi) is 5.28.